The standard InChI is InChI=1S/C46H45N3O/c1-30(2)31-25-32(27-33(26-31)40-22-14-15-24-47-40)37-21-16-23-41-42(37)48-44(49(41)36-19-12-9-13-20-36)38-28-35(45(3,4)5)29-39(43(38)50)46(6,7)34-17-10-8-11-18-34/h8-30,50H,1-7H3. The number of aromatic nitrogens is 3. The van der Waals surface area contributed by atoms with Crippen LogP contribution in [0.4, 0.5) is 0 Å². The molecule has 7 aromatic rings. The molecule has 0 saturated carbocycles. The van der Waals surface area contributed by atoms with Gasteiger partial charge >= 0.3 is 0 Å². The van der Waals surface area contributed by atoms with Crippen LogP contribution < -0.4 is 0 Å². The molecule has 2 heterocycles. The highest BCUT2D eigenvalue weighted by atomic mass is 16.3. The van der Waals surface area contributed by atoms with E-state index in [1.165, 1.54) is 5.56 Å². The van der Waals surface area contributed by atoms with Gasteiger partial charge in [-0.15, -0.1) is 0 Å². The summed E-state index contributed by atoms with van der Waals surface area (Å²) in [5.74, 6) is 1.29. The summed E-state index contributed by atoms with van der Waals surface area (Å²) in [7, 11) is 0. The van der Waals surface area contributed by atoms with Crippen molar-refractivity contribution in [2.75, 3.05) is 0 Å². The Bertz CT molecular complexity index is 2290. The van der Waals surface area contributed by atoms with Gasteiger partial charge in [0.15, 0.2) is 0 Å². The molecule has 4 nitrogen and oxygen atoms in total. The SMILES string of the molecule is CC(C)c1cc(-c2ccccn2)cc(-c2cccc3c2nc(-c2cc(C(C)(C)C)cc(C(C)(C)c4ccccc4)c2O)n3-c2ccccc2)c1. The van der Waals surface area contributed by atoms with Crippen molar-refractivity contribution < 1.29 is 5.11 Å². The van der Waals surface area contributed by atoms with Gasteiger partial charge in [-0.3, -0.25) is 9.55 Å². The molecule has 0 aliphatic carbocycles. The number of imidazole rings is 1. The fraction of sp³-hybridized carbons (Fsp3) is 0.217. The lowest BCUT2D eigenvalue weighted by Gasteiger charge is -2.31. The van der Waals surface area contributed by atoms with E-state index in [4.69, 9.17) is 4.98 Å². The maximum atomic E-state index is 12.4. The molecule has 0 unspecified atom stereocenters. The summed E-state index contributed by atoms with van der Waals surface area (Å²) in [6.07, 6.45) is 1.84. The third kappa shape index (κ3) is 6.00. The van der Waals surface area contributed by atoms with Gasteiger partial charge in [-0.2, -0.15) is 0 Å². The van der Waals surface area contributed by atoms with E-state index in [-0.39, 0.29) is 11.2 Å². The normalized spacial score (nSPS) is 12.2. The molecule has 1 N–H and O–H groups in total. The number of rotatable bonds is 7. The zero-order valence-corrected chi connectivity index (χ0v) is 30.1. The molecule has 2 aromatic heterocycles. The molecule has 5 aromatic carbocycles. The second-order valence-electron chi connectivity index (χ2n) is 15.2. The Morgan fingerprint density at radius 3 is 1.98 bits per heavy atom. The molecular weight excluding hydrogens is 611 g/mol. The Morgan fingerprint density at radius 2 is 1.32 bits per heavy atom. The van der Waals surface area contributed by atoms with Crippen LogP contribution in [0.3, 0.4) is 0 Å². The lowest BCUT2D eigenvalue weighted by Crippen LogP contribution is -2.21. The third-order valence-electron chi connectivity index (χ3n) is 9.98. The van der Waals surface area contributed by atoms with E-state index in [0.717, 1.165) is 55.8 Å². The minimum atomic E-state index is -0.463. The number of pyridine rings is 1. The Balaban J connectivity index is 1.54. The van der Waals surface area contributed by atoms with E-state index in [1.807, 2.05) is 30.5 Å². The number of aromatic hydroxyl groups is 1. The second kappa shape index (κ2) is 12.8. The van der Waals surface area contributed by atoms with Gasteiger partial charge in [0.2, 0.25) is 0 Å². The summed E-state index contributed by atoms with van der Waals surface area (Å²) in [6, 6.07) is 44.3. The monoisotopic (exact) mass is 655 g/mol. The van der Waals surface area contributed by atoms with Crippen molar-refractivity contribution >= 4 is 11.0 Å². The van der Waals surface area contributed by atoms with Crippen LogP contribution in [0.2, 0.25) is 0 Å². The molecule has 4 heteroatoms. The minimum absolute atomic E-state index is 0.169. The number of hydrogen-bond donors (Lipinski definition) is 1. The van der Waals surface area contributed by atoms with E-state index in [9.17, 15) is 5.11 Å². The number of phenolic OH excluding ortho intramolecular Hbond substituents is 1. The second-order valence-corrected chi connectivity index (χ2v) is 15.2. The first kappa shape index (κ1) is 33.0. The lowest BCUT2D eigenvalue weighted by molar-refractivity contribution is 0.452. The molecule has 0 fully saturated rings. The third-order valence-corrected chi connectivity index (χ3v) is 9.98. The smallest absolute Gasteiger partial charge is 0.149 e. The van der Waals surface area contributed by atoms with Crippen LogP contribution in [0.15, 0.2) is 134 Å². The van der Waals surface area contributed by atoms with Gasteiger partial charge in [0, 0.05) is 34.0 Å². The number of nitrogens with zero attached hydrogens (tertiary/aromatic N) is 3. The number of fused-ring (bicyclic) bond motifs is 1. The van der Waals surface area contributed by atoms with Crippen LogP contribution in [0.1, 0.15) is 76.6 Å². The number of benzene rings is 5. The Labute approximate surface area is 296 Å². The lowest BCUT2D eigenvalue weighted by atomic mass is 9.74. The van der Waals surface area contributed by atoms with Gasteiger partial charge in [0.05, 0.1) is 22.3 Å². The summed E-state index contributed by atoms with van der Waals surface area (Å²) < 4.78 is 2.20. The average molecular weight is 656 g/mol. The van der Waals surface area contributed by atoms with E-state index < -0.39 is 5.41 Å². The van der Waals surface area contributed by atoms with Crippen molar-refractivity contribution in [1.29, 1.82) is 0 Å². The molecule has 0 saturated heterocycles. The molecule has 7 rings (SSSR count). The van der Waals surface area contributed by atoms with Gasteiger partial charge in [-0.1, -0.05) is 127 Å². The highest BCUT2D eigenvalue weighted by Gasteiger charge is 2.32. The average Bonchev–Trinajstić information content (AvgIpc) is 3.51. The number of phenols is 1. The molecule has 0 atom stereocenters. The summed E-state index contributed by atoms with van der Waals surface area (Å²) in [6.45, 7) is 15.5. The minimum Gasteiger partial charge on any atom is -0.507 e. The zero-order valence-electron chi connectivity index (χ0n) is 30.1. The number of para-hydroxylation sites is 2. The summed E-state index contributed by atoms with van der Waals surface area (Å²) in [5.41, 5.74) is 11.5. The Hall–Kier alpha value is -5.48. The van der Waals surface area contributed by atoms with E-state index >= 15 is 0 Å². The van der Waals surface area contributed by atoms with Crippen molar-refractivity contribution in [3.05, 3.63) is 156 Å². The summed E-state index contributed by atoms with van der Waals surface area (Å²) in [5, 5.41) is 12.4. The van der Waals surface area contributed by atoms with Crippen molar-refractivity contribution in [2.45, 2.75) is 65.2 Å². The maximum Gasteiger partial charge on any atom is 0.149 e. The first-order valence-corrected chi connectivity index (χ1v) is 17.5. The van der Waals surface area contributed by atoms with E-state index in [0.29, 0.717) is 17.3 Å². The van der Waals surface area contributed by atoms with E-state index in [2.05, 4.69) is 161 Å². The van der Waals surface area contributed by atoms with Crippen LogP contribution in [0.5, 0.6) is 5.75 Å². The van der Waals surface area contributed by atoms with Gasteiger partial charge in [0.25, 0.3) is 0 Å². The summed E-state index contributed by atoms with van der Waals surface area (Å²) >= 11 is 0. The molecule has 0 radical (unpaired) electrons. The molecule has 50 heavy (non-hydrogen) atoms. The molecule has 0 aliphatic rings. The molecule has 0 aliphatic heterocycles. The molecule has 0 amide bonds. The van der Waals surface area contributed by atoms with Crippen LogP contribution >= 0.6 is 0 Å². The van der Waals surface area contributed by atoms with Crippen LogP contribution in [-0.2, 0) is 10.8 Å². The summed E-state index contributed by atoms with van der Waals surface area (Å²) in [4.78, 5) is 10.2. The fourth-order valence-electron chi connectivity index (χ4n) is 6.90. The van der Waals surface area contributed by atoms with Crippen molar-refractivity contribution in [2.24, 2.45) is 0 Å². The van der Waals surface area contributed by atoms with Gasteiger partial charge in [-0.05, 0) is 82.1 Å². The van der Waals surface area contributed by atoms with Crippen molar-refractivity contribution in [3.63, 3.8) is 0 Å². The Kier molecular flexibility index (Phi) is 8.43. The predicted octanol–water partition coefficient (Wildman–Crippen LogP) is 11.9. The van der Waals surface area contributed by atoms with Crippen LogP contribution in [0, 0.1) is 0 Å². The largest absolute Gasteiger partial charge is 0.507 e. The topological polar surface area (TPSA) is 50.9 Å². The fourth-order valence-corrected chi connectivity index (χ4v) is 6.90. The number of hydrogen-bond acceptors (Lipinski definition) is 3. The van der Waals surface area contributed by atoms with Gasteiger partial charge in [-0.25, -0.2) is 4.98 Å². The van der Waals surface area contributed by atoms with Crippen molar-refractivity contribution in [3.8, 4) is 45.2 Å². The van der Waals surface area contributed by atoms with E-state index in [1.54, 1.807) is 0 Å². The molecule has 250 valence electrons. The first-order chi connectivity index (χ1) is 23.9. The van der Waals surface area contributed by atoms with Gasteiger partial charge < -0.3 is 5.11 Å². The zero-order chi connectivity index (χ0) is 35.2. The highest BCUT2D eigenvalue weighted by Crippen LogP contribution is 2.46. The Morgan fingerprint density at radius 1 is 0.640 bits per heavy atom. The van der Waals surface area contributed by atoms with Crippen LogP contribution in [-0.4, -0.2) is 19.6 Å². The highest BCUT2D eigenvalue weighted by molar-refractivity contribution is 5.97. The van der Waals surface area contributed by atoms with Gasteiger partial charge in [0.1, 0.15) is 11.6 Å². The molecule has 0 bridgehead atoms. The quantitative estimate of drug-likeness (QED) is 0.186. The van der Waals surface area contributed by atoms with Crippen LogP contribution in [0.25, 0.3) is 50.5 Å². The predicted molar refractivity (Wildman–Crippen MR) is 208 cm³/mol. The molecule has 0 spiro atoms. The first-order valence-electron chi connectivity index (χ1n) is 17.5. The van der Waals surface area contributed by atoms with Crippen molar-refractivity contribution in [1.82, 2.24) is 14.5 Å². The molecular formula is C46H45N3O. The maximum absolute atomic E-state index is 12.4.